The van der Waals surface area contributed by atoms with Crippen molar-refractivity contribution in [2.75, 3.05) is 0 Å². The van der Waals surface area contributed by atoms with Crippen molar-refractivity contribution >= 4 is 50.4 Å². The molecule has 1 heterocycles. The number of rotatable bonds is 4. The maximum absolute atomic E-state index is 11.9. The number of thiophene rings is 1. The number of ketones is 2. The van der Waals surface area contributed by atoms with Gasteiger partial charge in [-0.15, -0.1) is 11.3 Å². The van der Waals surface area contributed by atoms with Gasteiger partial charge in [-0.25, -0.2) is 13.1 Å². The molecular formula is C10H10ClNO5S2. The molecule has 104 valence electrons. The zero-order valence-corrected chi connectivity index (χ0v) is 12.6. The monoisotopic (exact) mass is 323 g/mol. The summed E-state index contributed by atoms with van der Waals surface area (Å²) in [7, 11) is -4.21. The molecule has 0 aliphatic rings. The van der Waals surface area contributed by atoms with Crippen LogP contribution in [0.2, 0.25) is 4.34 Å². The molecule has 1 N–H and O–H groups in total. The van der Waals surface area contributed by atoms with Crippen molar-refractivity contribution in [1.82, 2.24) is 4.72 Å². The Morgan fingerprint density at radius 3 is 1.89 bits per heavy atom. The van der Waals surface area contributed by atoms with Crippen LogP contribution in [0.4, 0.5) is 0 Å². The predicted molar refractivity (Wildman–Crippen MR) is 70.3 cm³/mol. The van der Waals surface area contributed by atoms with Gasteiger partial charge in [-0.05, 0) is 13.8 Å². The molecule has 0 radical (unpaired) electrons. The molecular weight excluding hydrogens is 314 g/mol. The van der Waals surface area contributed by atoms with Crippen molar-refractivity contribution in [2.24, 2.45) is 0 Å². The molecule has 0 aromatic carbocycles. The van der Waals surface area contributed by atoms with E-state index in [0.717, 1.165) is 13.8 Å². The van der Waals surface area contributed by atoms with Crippen LogP contribution >= 0.6 is 22.9 Å². The molecule has 9 heteroatoms. The van der Waals surface area contributed by atoms with Crippen LogP contribution in [0.3, 0.4) is 0 Å². The SMILES string of the molecule is CC(=O)NS(=O)(=O)c1sc(Cl)c(C(C)=O)c1C(C)=O. The van der Waals surface area contributed by atoms with Gasteiger partial charge in [0.15, 0.2) is 15.8 Å². The summed E-state index contributed by atoms with van der Waals surface area (Å²) in [6.45, 7) is 3.32. The fourth-order valence-corrected chi connectivity index (χ4v) is 4.70. The first-order valence-electron chi connectivity index (χ1n) is 4.95. The summed E-state index contributed by atoms with van der Waals surface area (Å²) >= 11 is 6.37. The first-order chi connectivity index (χ1) is 8.58. The molecule has 19 heavy (non-hydrogen) atoms. The van der Waals surface area contributed by atoms with E-state index >= 15 is 0 Å². The van der Waals surface area contributed by atoms with E-state index in [2.05, 4.69) is 0 Å². The van der Waals surface area contributed by atoms with Crippen LogP contribution in [0.5, 0.6) is 0 Å². The topological polar surface area (TPSA) is 97.4 Å². The van der Waals surface area contributed by atoms with E-state index in [4.69, 9.17) is 11.6 Å². The van der Waals surface area contributed by atoms with Gasteiger partial charge >= 0.3 is 0 Å². The van der Waals surface area contributed by atoms with Crippen LogP contribution in [0.15, 0.2) is 4.21 Å². The quantitative estimate of drug-likeness (QED) is 0.849. The standard InChI is InChI=1S/C10H10ClNO5S2/c1-4(13)7-8(5(2)14)10(18-9(7)11)19(16,17)12-6(3)15/h1-3H3,(H,12,15). The van der Waals surface area contributed by atoms with Gasteiger partial charge in [0.2, 0.25) is 5.91 Å². The molecule has 6 nitrogen and oxygen atoms in total. The summed E-state index contributed by atoms with van der Waals surface area (Å²) in [4.78, 5) is 33.9. The molecule has 0 fully saturated rings. The van der Waals surface area contributed by atoms with E-state index in [9.17, 15) is 22.8 Å². The van der Waals surface area contributed by atoms with Crippen LogP contribution in [0.1, 0.15) is 41.5 Å². The van der Waals surface area contributed by atoms with Crippen LogP contribution in [0, 0.1) is 0 Å². The number of Topliss-reactive ketones (excluding diaryl/α,β-unsaturated/α-hetero) is 2. The van der Waals surface area contributed by atoms with Gasteiger partial charge in [-0.3, -0.25) is 14.4 Å². The summed E-state index contributed by atoms with van der Waals surface area (Å²) in [6, 6.07) is 0. The summed E-state index contributed by atoms with van der Waals surface area (Å²) in [5.41, 5.74) is -0.417. The van der Waals surface area contributed by atoms with E-state index in [-0.39, 0.29) is 15.5 Å². The molecule has 1 amide bonds. The third-order valence-corrected chi connectivity index (χ3v) is 5.41. The molecule has 0 spiro atoms. The zero-order valence-electron chi connectivity index (χ0n) is 10.2. The summed E-state index contributed by atoms with van der Waals surface area (Å²) in [5, 5.41) is 0. The Kier molecular flexibility index (Phi) is 4.49. The first-order valence-corrected chi connectivity index (χ1v) is 7.63. The van der Waals surface area contributed by atoms with Crippen LogP contribution in [0.25, 0.3) is 0 Å². The number of hydrogen-bond donors (Lipinski definition) is 1. The molecule has 0 aliphatic carbocycles. The number of sulfonamides is 1. The molecule has 0 bridgehead atoms. The average Bonchev–Trinajstić information content (AvgIpc) is 2.54. The van der Waals surface area contributed by atoms with Gasteiger partial charge in [-0.1, -0.05) is 11.6 Å². The van der Waals surface area contributed by atoms with Gasteiger partial charge in [0.05, 0.1) is 11.1 Å². The Hall–Kier alpha value is -1.25. The third kappa shape index (κ3) is 3.20. The zero-order chi connectivity index (χ0) is 15.0. The Morgan fingerprint density at radius 1 is 1.05 bits per heavy atom. The molecule has 0 saturated carbocycles. The van der Waals surface area contributed by atoms with Crippen LogP contribution < -0.4 is 4.72 Å². The predicted octanol–water partition coefficient (Wildman–Crippen LogP) is 1.63. The van der Waals surface area contributed by atoms with Gasteiger partial charge in [0.25, 0.3) is 10.0 Å². The number of nitrogens with one attached hydrogen (secondary N) is 1. The summed E-state index contributed by atoms with van der Waals surface area (Å²) < 4.78 is 25.0. The Morgan fingerprint density at radius 2 is 1.53 bits per heavy atom. The normalized spacial score (nSPS) is 11.2. The highest BCUT2D eigenvalue weighted by molar-refractivity contribution is 7.92. The lowest BCUT2D eigenvalue weighted by molar-refractivity contribution is -0.117. The van der Waals surface area contributed by atoms with Gasteiger partial charge in [0, 0.05) is 6.92 Å². The fourth-order valence-electron chi connectivity index (χ4n) is 1.44. The molecule has 1 aromatic rings. The van der Waals surface area contributed by atoms with Crippen molar-refractivity contribution in [1.29, 1.82) is 0 Å². The lowest BCUT2D eigenvalue weighted by Gasteiger charge is -2.04. The minimum atomic E-state index is -4.21. The first kappa shape index (κ1) is 15.8. The van der Waals surface area contributed by atoms with Crippen molar-refractivity contribution in [2.45, 2.75) is 25.0 Å². The lowest BCUT2D eigenvalue weighted by atomic mass is 10.1. The minimum absolute atomic E-state index is 0.0957. The second-order valence-electron chi connectivity index (χ2n) is 3.69. The van der Waals surface area contributed by atoms with Crippen molar-refractivity contribution in [3.05, 3.63) is 15.5 Å². The van der Waals surface area contributed by atoms with Crippen LogP contribution in [-0.2, 0) is 14.8 Å². The molecule has 1 aromatic heterocycles. The smallest absolute Gasteiger partial charge is 0.274 e. The van der Waals surface area contributed by atoms with Gasteiger partial charge < -0.3 is 0 Å². The van der Waals surface area contributed by atoms with Crippen LogP contribution in [-0.4, -0.2) is 25.9 Å². The molecule has 0 atom stereocenters. The minimum Gasteiger partial charge on any atom is -0.294 e. The van der Waals surface area contributed by atoms with E-state index in [0.29, 0.717) is 11.3 Å². The highest BCUT2D eigenvalue weighted by Crippen LogP contribution is 2.36. The lowest BCUT2D eigenvalue weighted by Crippen LogP contribution is -2.28. The third-order valence-electron chi connectivity index (χ3n) is 2.06. The Bertz CT molecular complexity index is 674. The highest BCUT2D eigenvalue weighted by atomic mass is 35.5. The molecule has 1 rings (SSSR count). The van der Waals surface area contributed by atoms with E-state index in [1.165, 1.54) is 6.92 Å². The number of carbonyl (C=O) groups excluding carboxylic acids is 3. The molecule has 0 saturated heterocycles. The van der Waals surface area contributed by atoms with E-state index in [1.54, 1.807) is 4.72 Å². The van der Waals surface area contributed by atoms with Crippen molar-refractivity contribution in [3.63, 3.8) is 0 Å². The van der Waals surface area contributed by atoms with Crippen molar-refractivity contribution in [3.8, 4) is 0 Å². The van der Waals surface area contributed by atoms with Gasteiger partial charge in [-0.2, -0.15) is 0 Å². The Balaban J connectivity index is 3.63. The summed E-state index contributed by atoms with van der Waals surface area (Å²) in [5.74, 6) is -1.93. The van der Waals surface area contributed by atoms with E-state index in [1.807, 2.05) is 0 Å². The number of hydrogen-bond acceptors (Lipinski definition) is 6. The maximum atomic E-state index is 11.9. The second-order valence-corrected chi connectivity index (χ2v) is 7.19. The number of halogens is 1. The largest absolute Gasteiger partial charge is 0.294 e. The average molecular weight is 324 g/mol. The maximum Gasteiger partial charge on any atom is 0.274 e. The Labute approximate surface area is 118 Å². The fraction of sp³-hybridized carbons (Fsp3) is 0.300. The van der Waals surface area contributed by atoms with E-state index < -0.39 is 31.7 Å². The molecule has 0 aliphatic heterocycles. The summed E-state index contributed by atoms with van der Waals surface area (Å²) in [6.07, 6.45) is 0. The highest BCUT2D eigenvalue weighted by Gasteiger charge is 2.31. The number of amides is 1. The molecule has 0 unspecified atom stereocenters. The number of carbonyl (C=O) groups is 3. The van der Waals surface area contributed by atoms with Gasteiger partial charge in [0.1, 0.15) is 4.34 Å². The second kappa shape index (κ2) is 5.40. The van der Waals surface area contributed by atoms with Crippen molar-refractivity contribution < 1.29 is 22.8 Å².